The molecule has 2 fully saturated rings. The van der Waals surface area contributed by atoms with Crippen LogP contribution in [0.2, 0.25) is 0 Å². The average Bonchev–Trinajstić information content (AvgIpc) is 2.47. The molecule has 9 atom stereocenters. The van der Waals surface area contributed by atoms with E-state index in [-0.39, 0.29) is 6.61 Å². The Balaban J connectivity index is 2.01. The lowest BCUT2D eigenvalue weighted by atomic mass is 9.98. The number of hydrogen-bond donors (Lipinski definition) is 7. The molecule has 0 unspecified atom stereocenters. The van der Waals surface area contributed by atoms with E-state index in [1.54, 1.807) is 0 Å². The van der Waals surface area contributed by atoms with Crippen LogP contribution in [-0.2, 0) is 14.2 Å². The molecule has 0 bridgehead atoms. The summed E-state index contributed by atoms with van der Waals surface area (Å²) in [5.41, 5.74) is 0. The predicted molar refractivity (Wildman–Crippen MR) is 62.6 cm³/mol. The number of aliphatic hydroxyl groups is 7. The van der Waals surface area contributed by atoms with Crippen molar-refractivity contribution in [2.45, 2.75) is 55.3 Å². The molecule has 21 heavy (non-hydrogen) atoms. The third kappa shape index (κ3) is 3.35. The van der Waals surface area contributed by atoms with Crippen molar-refractivity contribution in [1.82, 2.24) is 0 Å². The van der Waals surface area contributed by atoms with Gasteiger partial charge in [0.2, 0.25) is 0 Å². The summed E-state index contributed by atoms with van der Waals surface area (Å²) in [5, 5.41) is 66.7. The topological polar surface area (TPSA) is 169 Å². The predicted octanol–water partition coefficient (Wildman–Crippen LogP) is -4.76. The molecule has 10 heteroatoms. The van der Waals surface area contributed by atoms with Crippen LogP contribution in [0.25, 0.3) is 0 Å². The number of ether oxygens (including phenoxy) is 3. The van der Waals surface area contributed by atoms with E-state index < -0.39 is 61.9 Å². The van der Waals surface area contributed by atoms with Crippen molar-refractivity contribution >= 4 is 0 Å². The standard InChI is InChI=1S/C11H20O10/c12-1-4-6(15)7(16)9(10(18)20-4)21-11-8(17)5(14)3(13)2-19-11/h3-18H,1-2H2/t3-,4+,5-,6+,7-,8+,9+,10+,11-/m0/s1. The van der Waals surface area contributed by atoms with E-state index in [0.717, 1.165) is 0 Å². The molecule has 2 heterocycles. The first-order valence-electron chi connectivity index (χ1n) is 6.48. The minimum Gasteiger partial charge on any atom is -0.394 e. The Morgan fingerprint density at radius 3 is 2.19 bits per heavy atom. The zero-order valence-corrected chi connectivity index (χ0v) is 11.0. The van der Waals surface area contributed by atoms with Gasteiger partial charge in [0.15, 0.2) is 12.6 Å². The zero-order valence-electron chi connectivity index (χ0n) is 11.0. The summed E-state index contributed by atoms with van der Waals surface area (Å²) < 4.78 is 15.0. The smallest absolute Gasteiger partial charge is 0.186 e. The second-order valence-electron chi connectivity index (χ2n) is 5.08. The van der Waals surface area contributed by atoms with Crippen molar-refractivity contribution in [3.8, 4) is 0 Å². The van der Waals surface area contributed by atoms with Crippen LogP contribution in [-0.4, -0.2) is 104 Å². The fourth-order valence-corrected chi connectivity index (χ4v) is 2.27. The van der Waals surface area contributed by atoms with Gasteiger partial charge >= 0.3 is 0 Å². The van der Waals surface area contributed by atoms with Crippen LogP contribution >= 0.6 is 0 Å². The molecule has 0 spiro atoms. The number of rotatable bonds is 3. The van der Waals surface area contributed by atoms with Crippen molar-refractivity contribution in [3.63, 3.8) is 0 Å². The Kier molecular flexibility index (Phi) is 5.48. The van der Waals surface area contributed by atoms with Gasteiger partial charge < -0.3 is 50.0 Å². The minimum absolute atomic E-state index is 0.315. The second-order valence-corrected chi connectivity index (χ2v) is 5.08. The third-order valence-corrected chi connectivity index (χ3v) is 3.59. The Morgan fingerprint density at radius 1 is 0.905 bits per heavy atom. The van der Waals surface area contributed by atoms with Gasteiger partial charge in [0.25, 0.3) is 0 Å². The molecule has 2 saturated heterocycles. The molecule has 0 aromatic rings. The summed E-state index contributed by atoms with van der Waals surface area (Å²) in [6, 6.07) is 0. The molecule has 10 nitrogen and oxygen atoms in total. The average molecular weight is 312 g/mol. The first-order valence-corrected chi connectivity index (χ1v) is 6.48. The molecule has 0 aromatic heterocycles. The molecule has 0 amide bonds. The summed E-state index contributed by atoms with van der Waals surface area (Å²) in [6.45, 7) is -0.931. The van der Waals surface area contributed by atoms with E-state index in [0.29, 0.717) is 0 Å². The summed E-state index contributed by atoms with van der Waals surface area (Å²) in [7, 11) is 0. The maximum Gasteiger partial charge on any atom is 0.186 e. The normalized spacial score (nSPS) is 51.9. The van der Waals surface area contributed by atoms with E-state index in [2.05, 4.69) is 0 Å². The van der Waals surface area contributed by atoms with Crippen molar-refractivity contribution < 1.29 is 50.0 Å². The van der Waals surface area contributed by atoms with Gasteiger partial charge in [0.1, 0.15) is 42.7 Å². The van der Waals surface area contributed by atoms with Crippen LogP contribution < -0.4 is 0 Å². The van der Waals surface area contributed by atoms with E-state index in [4.69, 9.17) is 19.3 Å². The van der Waals surface area contributed by atoms with Crippen molar-refractivity contribution in [2.75, 3.05) is 13.2 Å². The van der Waals surface area contributed by atoms with Gasteiger partial charge in [-0.05, 0) is 0 Å². The zero-order chi connectivity index (χ0) is 15.7. The highest BCUT2D eigenvalue weighted by molar-refractivity contribution is 4.91. The van der Waals surface area contributed by atoms with E-state index >= 15 is 0 Å². The molecule has 0 saturated carbocycles. The second kappa shape index (κ2) is 6.79. The fraction of sp³-hybridized carbons (Fsp3) is 1.00. The molecule has 7 N–H and O–H groups in total. The lowest BCUT2D eigenvalue weighted by molar-refractivity contribution is -0.349. The Labute approximate surface area is 119 Å². The van der Waals surface area contributed by atoms with Gasteiger partial charge in [-0.1, -0.05) is 0 Å². The monoisotopic (exact) mass is 312 g/mol. The van der Waals surface area contributed by atoms with Gasteiger partial charge in [-0.3, -0.25) is 0 Å². The molecule has 0 aliphatic carbocycles. The quantitative estimate of drug-likeness (QED) is 0.268. The lowest BCUT2D eigenvalue weighted by Gasteiger charge is -2.43. The summed E-state index contributed by atoms with van der Waals surface area (Å²) in [6.07, 6.45) is -13.3. The largest absolute Gasteiger partial charge is 0.394 e. The SMILES string of the molecule is OC[C@H]1O[C@@H](O)[C@H](O[C@@H]2OC[C@H](O)[C@H](O)[C@H]2O)[C@@H](O)[C@@H]1O. The maximum absolute atomic E-state index is 9.87. The van der Waals surface area contributed by atoms with Crippen LogP contribution in [0.5, 0.6) is 0 Å². The third-order valence-electron chi connectivity index (χ3n) is 3.59. The molecular weight excluding hydrogens is 292 g/mol. The molecule has 124 valence electrons. The van der Waals surface area contributed by atoms with Crippen LogP contribution in [0.3, 0.4) is 0 Å². The first kappa shape index (κ1) is 17.0. The molecular formula is C11H20O10. The Morgan fingerprint density at radius 2 is 1.57 bits per heavy atom. The summed E-state index contributed by atoms with van der Waals surface area (Å²) in [4.78, 5) is 0. The molecule has 2 aliphatic heterocycles. The number of aliphatic hydroxyl groups excluding tert-OH is 7. The van der Waals surface area contributed by atoms with Crippen molar-refractivity contribution in [1.29, 1.82) is 0 Å². The first-order chi connectivity index (χ1) is 9.86. The van der Waals surface area contributed by atoms with E-state index in [1.807, 2.05) is 0 Å². The van der Waals surface area contributed by atoms with Gasteiger partial charge in [-0.2, -0.15) is 0 Å². The minimum atomic E-state index is -1.68. The van der Waals surface area contributed by atoms with Gasteiger partial charge in [-0.25, -0.2) is 0 Å². The highest BCUT2D eigenvalue weighted by Crippen LogP contribution is 2.26. The van der Waals surface area contributed by atoms with Crippen LogP contribution in [0.15, 0.2) is 0 Å². The van der Waals surface area contributed by atoms with Crippen LogP contribution in [0.1, 0.15) is 0 Å². The van der Waals surface area contributed by atoms with Crippen LogP contribution in [0, 0.1) is 0 Å². The highest BCUT2D eigenvalue weighted by Gasteiger charge is 2.48. The van der Waals surface area contributed by atoms with Crippen molar-refractivity contribution in [3.05, 3.63) is 0 Å². The summed E-state index contributed by atoms with van der Waals surface area (Å²) in [5.74, 6) is 0. The fourth-order valence-electron chi connectivity index (χ4n) is 2.27. The molecule has 0 aromatic carbocycles. The van der Waals surface area contributed by atoms with Crippen LogP contribution in [0.4, 0.5) is 0 Å². The van der Waals surface area contributed by atoms with Gasteiger partial charge in [-0.15, -0.1) is 0 Å². The maximum atomic E-state index is 9.87. The van der Waals surface area contributed by atoms with E-state index in [1.165, 1.54) is 0 Å². The molecule has 2 rings (SSSR count). The lowest BCUT2D eigenvalue weighted by Crippen LogP contribution is -2.62. The molecule has 0 radical (unpaired) electrons. The van der Waals surface area contributed by atoms with Gasteiger partial charge in [0, 0.05) is 0 Å². The summed E-state index contributed by atoms with van der Waals surface area (Å²) >= 11 is 0. The Bertz CT molecular complexity index is 341. The van der Waals surface area contributed by atoms with Gasteiger partial charge in [0.05, 0.1) is 13.2 Å². The number of hydrogen-bond acceptors (Lipinski definition) is 10. The van der Waals surface area contributed by atoms with Crippen molar-refractivity contribution in [2.24, 2.45) is 0 Å². The molecule has 2 aliphatic rings. The highest BCUT2D eigenvalue weighted by atomic mass is 16.7. The Hall–Kier alpha value is -0.400. The van der Waals surface area contributed by atoms with E-state index in [9.17, 15) is 30.6 Å².